The molecular weight excluding hydrogens is 194 g/mol. The van der Waals surface area contributed by atoms with Gasteiger partial charge in [-0.1, -0.05) is 6.07 Å². The van der Waals surface area contributed by atoms with Gasteiger partial charge in [0.05, 0.1) is 10.8 Å². The minimum absolute atomic E-state index is 0.275. The minimum Gasteiger partial charge on any atom is -0.316 e. The van der Waals surface area contributed by atoms with Gasteiger partial charge >= 0.3 is 0 Å². The van der Waals surface area contributed by atoms with Gasteiger partial charge in [0.1, 0.15) is 0 Å². The van der Waals surface area contributed by atoms with Crippen LogP contribution in [0.5, 0.6) is 0 Å². The van der Waals surface area contributed by atoms with E-state index in [1.165, 1.54) is 0 Å². The van der Waals surface area contributed by atoms with Crippen LogP contribution in [0.25, 0.3) is 10.8 Å². The Balaban J connectivity index is 2.76. The van der Waals surface area contributed by atoms with Gasteiger partial charge < -0.3 is 5.32 Å². The number of nitrogens with one attached hydrogen (secondary N) is 3. The molecule has 5 heteroatoms. The van der Waals surface area contributed by atoms with E-state index in [2.05, 4.69) is 15.5 Å². The van der Waals surface area contributed by atoms with Crippen LogP contribution in [-0.2, 0) is 6.54 Å². The van der Waals surface area contributed by atoms with Gasteiger partial charge in [-0.25, -0.2) is 0 Å². The molecule has 0 unspecified atom stereocenters. The molecule has 1 heterocycles. The zero-order valence-corrected chi connectivity index (χ0v) is 8.26. The summed E-state index contributed by atoms with van der Waals surface area (Å²) in [6.45, 7) is 0.669. The fraction of sp³-hybridized carbons (Fsp3) is 0.200. The summed E-state index contributed by atoms with van der Waals surface area (Å²) in [5.41, 5.74) is 0.421. The van der Waals surface area contributed by atoms with Crippen LogP contribution in [0.4, 0.5) is 0 Å². The van der Waals surface area contributed by atoms with E-state index in [0.29, 0.717) is 17.3 Å². The molecule has 2 aromatic rings. The van der Waals surface area contributed by atoms with Gasteiger partial charge in [-0.3, -0.25) is 19.8 Å². The van der Waals surface area contributed by atoms with Gasteiger partial charge in [0, 0.05) is 6.54 Å². The lowest BCUT2D eigenvalue weighted by Gasteiger charge is -2.01. The molecule has 78 valence electrons. The smallest absolute Gasteiger partial charge is 0.270 e. The molecule has 2 rings (SSSR count). The summed E-state index contributed by atoms with van der Waals surface area (Å²) in [5, 5.41) is 8.41. The Morgan fingerprint density at radius 3 is 2.47 bits per heavy atom. The highest BCUT2D eigenvalue weighted by Crippen LogP contribution is 2.07. The maximum Gasteiger partial charge on any atom is 0.270 e. The molecule has 0 bridgehead atoms. The first-order valence-corrected chi connectivity index (χ1v) is 4.60. The van der Waals surface area contributed by atoms with Gasteiger partial charge in [0.2, 0.25) is 0 Å². The van der Waals surface area contributed by atoms with E-state index in [4.69, 9.17) is 0 Å². The Morgan fingerprint density at radius 2 is 1.80 bits per heavy atom. The number of hydrogen-bond acceptors (Lipinski definition) is 3. The van der Waals surface area contributed by atoms with E-state index in [0.717, 1.165) is 5.56 Å². The molecule has 0 aliphatic rings. The molecule has 0 aliphatic heterocycles. The first kappa shape index (κ1) is 9.67. The Morgan fingerprint density at radius 1 is 1.13 bits per heavy atom. The first-order chi connectivity index (χ1) is 7.22. The topological polar surface area (TPSA) is 77.8 Å². The van der Waals surface area contributed by atoms with Crippen LogP contribution in [0, 0.1) is 0 Å². The Kier molecular flexibility index (Phi) is 2.39. The van der Waals surface area contributed by atoms with Crippen LogP contribution in [0.2, 0.25) is 0 Å². The molecular formula is C10H11N3O2. The molecule has 0 aliphatic carbocycles. The third-order valence-corrected chi connectivity index (χ3v) is 2.24. The number of aromatic nitrogens is 2. The molecule has 3 N–H and O–H groups in total. The predicted molar refractivity (Wildman–Crippen MR) is 58.0 cm³/mol. The molecule has 0 saturated carbocycles. The molecule has 0 fully saturated rings. The Hall–Kier alpha value is -1.88. The lowest BCUT2D eigenvalue weighted by atomic mass is 10.1. The normalized spacial score (nSPS) is 10.7. The highest BCUT2D eigenvalue weighted by molar-refractivity contribution is 5.80. The van der Waals surface area contributed by atoms with E-state index >= 15 is 0 Å². The summed E-state index contributed by atoms with van der Waals surface area (Å²) in [7, 11) is 1.83. The average molecular weight is 205 g/mol. The number of aromatic amines is 2. The van der Waals surface area contributed by atoms with Gasteiger partial charge in [0.25, 0.3) is 11.1 Å². The van der Waals surface area contributed by atoms with Crippen molar-refractivity contribution in [1.82, 2.24) is 15.5 Å². The van der Waals surface area contributed by atoms with E-state index in [1.54, 1.807) is 12.1 Å². The van der Waals surface area contributed by atoms with Crippen molar-refractivity contribution < 1.29 is 0 Å². The standard InChI is InChI=1S/C10H11N3O2/c1-11-5-6-2-3-7-8(4-6)10(15)13-12-9(7)14/h2-4,11H,5H2,1H3,(H,12,14)(H,13,15). The summed E-state index contributed by atoms with van der Waals surface area (Å²) in [5.74, 6) is 0. The van der Waals surface area contributed by atoms with Crippen molar-refractivity contribution in [3.63, 3.8) is 0 Å². The van der Waals surface area contributed by atoms with Crippen molar-refractivity contribution >= 4 is 10.8 Å². The second-order valence-electron chi connectivity index (χ2n) is 3.32. The number of rotatable bonds is 2. The van der Waals surface area contributed by atoms with Crippen LogP contribution < -0.4 is 16.4 Å². The number of H-pyrrole nitrogens is 2. The molecule has 0 atom stereocenters. The Bertz CT molecular complexity index is 597. The third kappa shape index (κ3) is 1.69. The molecule has 0 saturated heterocycles. The zero-order chi connectivity index (χ0) is 10.8. The average Bonchev–Trinajstić information content (AvgIpc) is 2.24. The fourth-order valence-electron chi connectivity index (χ4n) is 1.54. The Labute approximate surface area is 85.1 Å². The largest absolute Gasteiger partial charge is 0.316 e. The fourth-order valence-corrected chi connectivity index (χ4v) is 1.54. The summed E-state index contributed by atoms with van der Waals surface area (Å²) in [6.07, 6.45) is 0. The number of hydrogen-bond donors (Lipinski definition) is 3. The lowest BCUT2D eigenvalue weighted by molar-refractivity contribution is 0.818. The van der Waals surface area contributed by atoms with Crippen molar-refractivity contribution in [2.45, 2.75) is 6.54 Å². The summed E-state index contributed by atoms with van der Waals surface area (Å²) < 4.78 is 0. The minimum atomic E-state index is -0.277. The van der Waals surface area contributed by atoms with Gasteiger partial charge in [-0.05, 0) is 24.7 Å². The summed E-state index contributed by atoms with van der Waals surface area (Å²) in [4.78, 5) is 22.8. The van der Waals surface area contributed by atoms with Crippen molar-refractivity contribution in [3.05, 3.63) is 44.5 Å². The van der Waals surface area contributed by atoms with Crippen molar-refractivity contribution in [3.8, 4) is 0 Å². The zero-order valence-electron chi connectivity index (χ0n) is 8.26. The van der Waals surface area contributed by atoms with Crippen molar-refractivity contribution in [2.75, 3.05) is 7.05 Å². The highest BCUT2D eigenvalue weighted by atomic mass is 16.1. The molecule has 1 aromatic heterocycles. The maximum atomic E-state index is 11.4. The summed E-state index contributed by atoms with van der Waals surface area (Å²) >= 11 is 0. The predicted octanol–water partition coefficient (Wildman–Crippen LogP) is -0.0642. The SMILES string of the molecule is CNCc1ccc2c(=O)[nH][nH]c(=O)c2c1. The van der Waals surface area contributed by atoms with Crippen molar-refractivity contribution in [2.24, 2.45) is 0 Å². The van der Waals surface area contributed by atoms with E-state index in [9.17, 15) is 9.59 Å². The monoisotopic (exact) mass is 205 g/mol. The van der Waals surface area contributed by atoms with E-state index in [1.807, 2.05) is 13.1 Å². The molecule has 0 amide bonds. The van der Waals surface area contributed by atoms with Crippen LogP contribution in [0.15, 0.2) is 27.8 Å². The molecule has 0 spiro atoms. The molecule has 0 radical (unpaired) electrons. The lowest BCUT2D eigenvalue weighted by Crippen LogP contribution is -2.19. The van der Waals surface area contributed by atoms with Crippen LogP contribution in [0.1, 0.15) is 5.56 Å². The van der Waals surface area contributed by atoms with Crippen LogP contribution in [0.3, 0.4) is 0 Å². The van der Waals surface area contributed by atoms with Gasteiger partial charge in [0.15, 0.2) is 0 Å². The van der Waals surface area contributed by atoms with E-state index in [-0.39, 0.29) is 11.1 Å². The second-order valence-corrected chi connectivity index (χ2v) is 3.32. The molecule has 15 heavy (non-hydrogen) atoms. The molecule has 1 aromatic carbocycles. The number of fused-ring (bicyclic) bond motifs is 1. The molecule has 5 nitrogen and oxygen atoms in total. The first-order valence-electron chi connectivity index (χ1n) is 4.60. The van der Waals surface area contributed by atoms with Crippen LogP contribution in [-0.4, -0.2) is 17.2 Å². The summed E-state index contributed by atoms with van der Waals surface area (Å²) in [6, 6.07) is 5.21. The maximum absolute atomic E-state index is 11.4. The van der Waals surface area contributed by atoms with Gasteiger partial charge in [-0.15, -0.1) is 0 Å². The van der Waals surface area contributed by atoms with E-state index < -0.39 is 0 Å². The second kappa shape index (κ2) is 3.70. The van der Waals surface area contributed by atoms with Crippen molar-refractivity contribution in [1.29, 1.82) is 0 Å². The third-order valence-electron chi connectivity index (χ3n) is 2.24. The highest BCUT2D eigenvalue weighted by Gasteiger charge is 2.03. The van der Waals surface area contributed by atoms with Crippen LogP contribution >= 0.6 is 0 Å². The number of benzene rings is 1. The quantitative estimate of drug-likeness (QED) is 0.642. The van der Waals surface area contributed by atoms with Gasteiger partial charge in [-0.2, -0.15) is 0 Å².